The topological polar surface area (TPSA) is 78.9 Å². The zero-order chi connectivity index (χ0) is 14.7. The van der Waals surface area contributed by atoms with Crippen LogP contribution < -0.4 is 5.32 Å². The third-order valence-electron chi connectivity index (χ3n) is 3.25. The van der Waals surface area contributed by atoms with Crippen molar-refractivity contribution in [2.75, 3.05) is 13.7 Å². The molecule has 1 aliphatic rings. The second kappa shape index (κ2) is 5.92. The molecule has 1 aromatic rings. The van der Waals surface area contributed by atoms with Gasteiger partial charge in [-0.2, -0.15) is 0 Å². The summed E-state index contributed by atoms with van der Waals surface area (Å²) in [7, 11) is 1.59. The number of urea groups is 1. The molecule has 0 aliphatic carbocycles. The molecule has 0 bridgehead atoms. The fraction of sp³-hybridized carbons (Fsp3) is 0.429. The number of rotatable bonds is 4. The van der Waals surface area contributed by atoms with Crippen LogP contribution in [0.5, 0.6) is 0 Å². The van der Waals surface area contributed by atoms with E-state index < -0.39 is 5.97 Å². The van der Waals surface area contributed by atoms with E-state index in [1.54, 1.807) is 30.2 Å². The van der Waals surface area contributed by atoms with E-state index in [2.05, 4.69) is 5.32 Å². The fourth-order valence-corrected chi connectivity index (χ4v) is 2.26. The van der Waals surface area contributed by atoms with Crippen molar-refractivity contribution in [1.82, 2.24) is 10.2 Å². The van der Waals surface area contributed by atoms with Gasteiger partial charge in [-0.3, -0.25) is 0 Å². The Morgan fingerprint density at radius 1 is 1.40 bits per heavy atom. The molecule has 1 aromatic carbocycles. The minimum atomic E-state index is -0.954. The first-order chi connectivity index (χ1) is 9.51. The van der Waals surface area contributed by atoms with Crippen molar-refractivity contribution in [1.29, 1.82) is 0 Å². The third kappa shape index (κ3) is 3.08. The van der Waals surface area contributed by atoms with Crippen molar-refractivity contribution < 1.29 is 19.4 Å². The molecule has 2 amide bonds. The lowest BCUT2D eigenvalue weighted by Crippen LogP contribution is -2.43. The van der Waals surface area contributed by atoms with Crippen molar-refractivity contribution >= 4 is 12.0 Å². The van der Waals surface area contributed by atoms with Gasteiger partial charge >= 0.3 is 12.0 Å². The summed E-state index contributed by atoms with van der Waals surface area (Å²) < 4.78 is 4.97. The standard InChI is InChI=1S/C14H18N2O4/c1-9(8-20-2)15-14(19)16-6-11-4-3-10(13(17)18)5-12(11)7-16/h3-5,9H,6-8H2,1-2H3,(H,15,19)(H,17,18). The van der Waals surface area contributed by atoms with Gasteiger partial charge in [-0.1, -0.05) is 6.07 Å². The van der Waals surface area contributed by atoms with Gasteiger partial charge in [-0.15, -0.1) is 0 Å². The molecule has 0 saturated heterocycles. The average Bonchev–Trinajstić information content (AvgIpc) is 2.81. The Morgan fingerprint density at radius 3 is 2.75 bits per heavy atom. The van der Waals surface area contributed by atoms with Crippen LogP contribution in [0.3, 0.4) is 0 Å². The number of hydrogen-bond donors (Lipinski definition) is 2. The van der Waals surface area contributed by atoms with Crippen LogP contribution in [0.2, 0.25) is 0 Å². The molecular weight excluding hydrogens is 260 g/mol. The van der Waals surface area contributed by atoms with Crippen molar-refractivity contribution in [2.24, 2.45) is 0 Å². The summed E-state index contributed by atoms with van der Waals surface area (Å²) in [6, 6.07) is 4.73. The number of nitrogens with zero attached hydrogens (tertiary/aromatic N) is 1. The Balaban J connectivity index is 2.02. The van der Waals surface area contributed by atoms with E-state index in [1.165, 1.54) is 0 Å². The summed E-state index contributed by atoms with van der Waals surface area (Å²) in [5.41, 5.74) is 2.13. The minimum absolute atomic E-state index is 0.0641. The van der Waals surface area contributed by atoms with Gasteiger partial charge in [0.1, 0.15) is 0 Å². The number of methoxy groups -OCH3 is 1. The first-order valence-corrected chi connectivity index (χ1v) is 6.40. The van der Waals surface area contributed by atoms with E-state index in [1.807, 2.05) is 6.92 Å². The Bertz CT molecular complexity index is 530. The highest BCUT2D eigenvalue weighted by molar-refractivity contribution is 5.88. The molecule has 1 aliphatic heterocycles. The lowest BCUT2D eigenvalue weighted by Gasteiger charge is -2.20. The normalized spacial score (nSPS) is 14.8. The van der Waals surface area contributed by atoms with Crippen LogP contribution in [0.1, 0.15) is 28.4 Å². The molecule has 6 heteroatoms. The maximum absolute atomic E-state index is 12.1. The number of nitrogens with one attached hydrogen (secondary N) is 1. The van der Waals surface area contributed by atoms with Crippen LogP contribution in [0.25, 0.3) is 0 Å². The molecule has 0 radical (unpaired) electrons. The van der Waals surface area contributed by atoms with Crippen LogP contribution in [0, 0.1) is 0 Å². The molecule has 108 valence electrons. The van der Waals surface area contributed by atoms with Crippen LogP contribution >= 0.6 is 0 Å². The summed E-state index contributed by atoms with van der Waals surface area (Å²) in [5, 5.41) is 11.8. The van der Waals surface area contributed by atoms with Gasteiger partial charge < -0.3 is 20.1 Å². The first kappa shape index (κ1) is 14.3. The van der Waals surface area contributed by atoms with Gasteiger partial charge in [0.15, 0.2) is 0 Å². The molecular formula is C14H18N2O4. The molecule has 0 saturated carbocycles. The number of ether oxygens (including phenoxy) is 1. The van der Waals surface area contributed by atoms with Crippen molar-refractivity contribution in [3.63, 3.8) is 0 Å². The van der Waals surface area contributed by atoms with E-state index in [0.717, 1.165) is 11.1 Å². The number of benzene rings is 1. The van der Waals surface area contributed by atoms with Gasteiger partial charge in [0.25, 0.3) is 0 Å². The Hall–Kier alpha value is -2.08. The van der Waals surface area contributed by atoms with Crippen molar-refractivity contribution in [3.8, 4) is 0 Å². The fourth-order valence-electron chi connectivity index (χ4n) is 2.26. The monoisotopic (exact) mass is 278 g/mol. The molecule has 0 fully saturated rings. The number of carbonyl (C=O) groups is 2. The second-order valence-electron chi connectivity index (χ2n) is 4.95. The molecule has 1 atom stereocenters. The lowest BCUT2D eigenvalue weighted by molar-refractivity contribution is 0.0696. The smallest absolute Gasteiger partial charge is 0.335 e. The molecule has 0 spiro atoms. The number of carbonyl (C=O) groups excluding carboxylic acids is 1. The van der Waals surface area contributed by atoms with Crippen LogP contribution in [0.15, 0.2) is 18.2 Å². The maximum atomic E-state index is 12.1. The first-order valence-electron chi connectivity index (χ1n) is 6.40. The van der Waals surface area contributed by atoms with Crippen LogP contribution in [-0.4, -0.2) is 41.8 Å². The molecule has 0 aromatic heterocycles. The van der Waals surface area contributed by atoms with E-state index >= 15 is 0 Å². The number of carboxylic acids is 1. The Labute approximate surface area is 117 Å². The van der Waals surface area contributed by atoms with E-state index in [9.17, 15) is 9.59 Å². The lowest BCUT2D eigenvalue weighted by atomic mass is 10.1. The average molecular weight is 278 g/mol. The molecule has 6 nitrogen and oxygen atoms in total. The van der Waals surface area contributed by atoms with Crippen LogP contribution in [0.4, 0.5) is 4.79 Å². The highest BCUT2D eigenvalue weighted by atomic mass is 16.5. The van der Waals surface area contributed by atoms with Crippen LogP contribution in [-0.2, 0) is 17.8 Å². The minimum Gasteiger partial charge on any atom is -0.478 e. The SMILES string of the molecule is COCC(C)NC(=O)N1Cc2ccc(C(=O)O)cc2C1. The number of amides is 2. The van der Waals surface area contributed by atoms with Gasteiger partial charge in [0, 0.05) is 20.2 Å². The summed E-state index contributed by atoms with van der Waals surface area (Å²) in [5.74, 6) is -0.954. The summed E-state index contributed by atoms with van der Waals surface area (Å²) >= 11 is 0. The maximum Gasteiger partial charge on any atom is 0.335 e. The quantitative estimate of drug-likeness (QED) is 0.873. The zero-order valence-electron chi connectivity index (χ0n) is 11.5. The van der Waals surface area contributed by atoms with Gasteiger partial charge in [0.2, 0.25) is 0 Å². The Kier molecular flexibility index (Phi) is 4.24. The largest absolute Gasteiger partial charge is 0.478 e. The number of carboxylic acid groups (broad SMARTS) is 1. The van der Waals surface area contributed by atoms with Gasteiger partial charge in [-0.25, -0.2) is 9.59 Å². The highest BCUT2D eigenvalue weighted by Crippen LogP contribution is 2.23. The summed E-state index contributed by atoms with van der Waals surface area (Å²) in [6.07, 6.45) is 0. The van der Waals surface area contributed by atoms with E-state index in [-0.39, 0.29) is 17.6 Å². The predicted octanol–water partition coefficient (Wildman–Crippen LogP) is 1.44. The molecule has 2 N–H and O–H groups in total. The van der Waals surface area contributed by atoms with Gasteiger partial charge in [0.05, 0.1) is 18.2 Å². The number of hydrogen-bond acceptors (Lipinski definition) is 3. The molecule has 1 unspecified atom stereocenters. The summed E-state index contributed by atoms with van der Waals surface area (Å²) in [6.45, 7) is 3.26. The Morgan fingerprint density at radius 2 is 2.10 bits per heavy atom. The number of aromatic carboxylic acids is 1. The molecule has 2 rings (SSSR count). The van der Waals surface area contributed by atoms with Gasteiger partial charge in [-0.05, 0) is 30.2 Å². The predicted molar refractivity (Wildman–Crippen MR) is 72.5 cm³/mol. The third-order valence-corrected chi connectivity index (χ3v) is 3.25. The van der Waals surface area contributed by atoms with Crippen molar-refractivity contribution in [3.05, 3.63) is 34.9 Å². The molecule has 20 heavy (non-hydrogen) atoms. The highest BCUT2D eigenvalue weighted by Gasteiger charge is 2.24. The molecule has 1 heterocycles. The van der Waals surface area contributed by atoms with E-state index in [4.69, 9.17) is 9.84 Å². The van der Waals surface area contributed by atoms with Crippen molar-refractivity contribution in [2.45, 2.75) is 26.1 Å². The number of fused-ring (bicyclic) bond motifs is 1. The zero-order valence-corrected chi connectivity index (χ0v) is 11.5. The second-order valence-corrected chi connectivity index (χ2v) is 4.95. The van der Waals surface area contributed by atoms with E-state index in [0.29, 0.717) is 19.7 Å². The summed E-state index contributed by atoms with van der Waals surface area (Å²) in [4.78, 5) is 24.6.